The molecule has 0 N–H and O–H groups in total. The monoisotopic (exact) mass is 394 g/mol. The van der Waals surface area contributed by atoms with E-state index < -0.39 is 15.8 Å². The summed E-state index contributed by atoms with van der Waals surface area (Å²) in [6.07, 6.45) is 1.79. The zero-order chi connectivity index (χ0) is 18.3. The summed E-state index contributed by atoms with van der Waals surface area (Å²) in [5.41, 5.74) is 2.71. The van der Waals surface area contributed by atoms with Crippen LogP contribution in [0.25, 0.3) is 0 Å². The molecule has 138 valence electrons. The molecule has 0 spiro atoms. The van der Waals surface area contributed by atoms with Gasteiger partial charge in [-0.05, 0) is 42.2 Å². The molecule has 0 saturated carbocycles. The van der Waals surface area contributed by atoms with Gasteiger partial charge in [-0.15, -0.1) is 0 Å². The summed E-state index contributed by atoms with van der Waals surface area (Å²) in [4.78, 5) is 2.42. The largest absolute Gasteiger partial charge is 0.294 e. The summed E-state index contributed by atoms with van der Waals surface area (Å²) in [6.45, 7) is 2.73. The lowest BCUT2D eigenvalue weighted by Crippen LogP contribution is -2.41. The standard InChI is InChI=1S/C19H20ClFN2O2S/c20-18-11-17(5-6-19(18)21)26(24,25)23-10-8-16(13-23)22-9-7-14-3-1-2-4-15(14)12-22/h1-6,11,16H,7-10,12-13H2/t16-/m0/s1. The molecule has 4 rings (SSSR count). The van der Waals surface area contributed by atoms with Crippen LogP contribution in [-0.4, -0.2) is 43.3 Å². The Hall–Kier alpha value is -1.47. The van der Waals surface area contributed by atoms with Crippen molar-refractivity contribution in [3.8, 4) is 0 Å². The van der Waals surface area contributed by atoms with Crippen molar-refractivity contribution in [1.29, 1.82) is 0 Å². The molecule has 0 aromatic heterocycles. The molecule has 0 bridgehead atoms. The maximum atomic E-state index is 13.3. The van der Waals surface area contributed by atoms with Crippen LogP contribution in [0.1, 0.15) is 17.5 Å². The smallest absolute Gasteiger partial charge is 0.243 e. The Kier molecular flexibility index (Phi) is 4.77. The minimum absolute atomic E-state index is 0.0496. The van der Waals surface area contributed by atoms with E-state index in [1.54, 1.807) is 0 Å². The molecule has 2 aromatic carbocycles. The summed E-state index contributed by atoms with van der Waals surface area (Å²) in [6, 6.07) is 12.2. The maximum absolute atomic E-state index is 13.3. The van der Waals surface area contributed by atoms with Gasteiger partial charge in [-0.3, -0.25) is 4.90 Å². The molecular weight excluding hydrogens is 375 g/mol. The first-order valence-corrected chi connectivity index (χ1v) is 10.5. The minimum atomic E-state index is -3.65. The third kappa shape index (κ3) is 3.27. The SMILES string of the molecule is O=S(=O)(c1ccc(F)c(Cl)c1)N1CC[C@H](N2CCc3ccccc3C2)C1. The van der Waals surface area contributed by atoms with E-state index >= 15 is 0 Å². The molecule has 0 radical (unpaired) electrons. The van der Waals surface area contributed by atoms with Crippen LogP contribution in [0.5, 0.6) is 0 Å². The number of hydrogen-bond acceptors (Lipinski definition) is 3. The molecule has 1 saturated heterocycles. The lowest BCUT2D eigenvalue weighted by atomic mass is 9.98. The second kappa shape index (κ2) is 6.93. The first-order valence-electron chi connectivity index (χ1n) is 8.71. The number of benzene rings is 2. The number of fused-ring (bicyclic) bond motifs is 1. The summed E-state index contributed by atoms with van der Waals surface area (Å²) >= 11 is 5.76. The van der Waals surface area contributed by atoms with Crippen molar-refractivity contribution in [1.82, 2.24) is 9.21 Å². The van der Waals surface area contributed by atoms with Crippen molar-refractivity contribution in [3.63, 3.8) is 0 Å². The zero-order valence-electron chi connectivity index (χ0n) is 14.2. The van der Waals surface area contributed by atoms with Crippen LogP contribution in [-0.2, 0) is 23.0 Å². The van der Waals surface area contributed by atoms with E-state index in [0.29, 0.717) is 13.1 Å². The van der Waals surface area contributed by atoms with Crippen molar-refractivity contribution in [2.75, 3.05) is 19.6 Å². The Morgan fingerprint density at radius 1 is 1.08 bits per heavy atom. The second-order valence-corrected chi connectivity index (χ2v) is 9.22. The molecule has 2 aliphatic rings. The molecule has 7 heteroatoms. The summed E-state index contributed by atoms with van der Waals surface area (Å²) in [7, 11) is -3.65. The van der Waals surface area contributed by atoms with Crippen LogP contribution < -0.4 is 0 Å². The van der Waals surface area contributed by atoms with Gasteiger partial charge < -0.3 is 0 Å². The van der Waals surface area contributed by atoms with Crippen molar-refractivity contribution in [2.45, 2.75) is 30.3 Å². The van der Waals surface area contributed by atoms with E-state index in [0.717, 1.165) is 32.0 Å². The summed E-state index contributed by atoms with van der Waals surface area (Å²) in [5, 5.41) is -0.172. The number of sulfonamides is 1. The quantitative estimate of drug-likeness (QED) is 0.802. The molecule has 1 atom stereocenters. The number of rotatable bonds is 3. The highest BCUT2D eigenvalue weighted by atomic mass is 35.5. The van der Waals surface area contributed by atoms with Crippen molar-refractivity contribution < 1.29 is 12.8 Å². The predicted octanol–water partition coefficient (Wildman–Crippen LogP) is 3.30. The van der Waals surface area contributed by atoms with Crippen LogP contribution in [0.15, 0.2) is 47.4 Å². The van der Waals surface area contributed by atoms with Gasteiger partial charge in [-0.2, -0.15) is 4.31 Å². The summed E-state index contributed by atoms with van der Waals surface area (Å²) < 4.78 is 40.5. The predicted molar refractivity (Wildman–Crippen MR) is 99.1 cm³/mol. The lowest BCUT2D eigenvalue weighted by molar-refractivity contribution is 0.185. The third-order valence-corrected chi connectivity index (χ3v) is 7.48. The molecule has 26 heavy (non-hydrogen) atoms. The normalized spacial score (nSPS) is 21.7. The average Bonchev–Trinajstić information content (AvgIpc) is 3.14. The molecule has 0 unspecified atom stereocenters. The Labute approximate surface area is 158 Å². The first-order chi connectivity index (χ1) is 12.4. The van der Waals surface area contributed by atoms with Gasteiger partial charge in [0.25, 0.3) is 0 Å². The Morgan fingerprint density at radius 2 is 1.85 bits per heavy atom. The Balaban J connectivity index is 1.49. The zero-order valence-corrected chi connectivity index (χ0v) is 15.8. The molecular formula is C19H20ClFN2O2S. The topological polar surface area (TPSA) is 40.6 Å². The molecule has 4 nitrogen and oxygen atoms in total. The van der Waals surface area contributed by atoms with Crippen LogP contribution in [0, 0.1) is 5.82 Å². The van der Waals surface area contributed by atoms with E-state index in [1.165, 1.54) is 27.6 Å². The fourth-order valence-electron chi connectivity index (χ4n) is 3.84. The van der Waals surface area contributed by atoms with Gasteiger partial charge in [0.2, 0.25) is 10.0 Å². The highest BCUT2D eigenvalue weighted by Gasteiger charge is 2.36. The van der Waals surface area contributed by atoms with Gasteiger partial charge in [0.1, 0.15) is 5.82 Å². The molecule has 2 aliphatic heterocycles. The van der Waals surface area contributed by atoms with Gasteiger partial charge in [0.05, 0.1) is 9.92 Å². The van der Waals surface area contributed by atoms with Gasteiger partial charge in [0.15, 0.2) is 0 Å². The highest BCUT2D eigenvalue weighted by Crippen LogP contribution is 2.29. The van der Waals surface area contributed by atoms with Crippen LogP contribution in [0.2, 0.25) is 5.02 Å². The van der Waals surface area contributed by atoms with Crippen LogP contribution in [0.3, 0.4) is 0 Å². The molecule has 1 fully saturated rings. The number of hydrogen-bond donors (Lipinski definition) is 0. The van der Waals surface area contributed by atoms with Crippen molar-refractivity contribution >= 4 is 21.6 Å². The fourth-order valence-corrected chi connectivity index (χ4v) is 5.61. The van der Waals surface area contributed by atoms with Crippen LogP contribution in [0.4, 0.5) is 4.39 Å². The van der Waals surface area contributed by atoms with E-state index in [1.807, 2.05) is 6.07 Å². The molecule has 0 aliphatic carbocycles. The fraction of sp³-hybridized carbons (Fsp3) is 0.368. The van der Waals surface area contributed by atoms with E-state index in [-0.39, 0.29) is 16.0 Å². The van der Waals surface area contributed by atoms with Gasteiger partial charge >= 0.3 is 0 Å². The van der Waals surface area contributed by atoms with Gasteiger partial charge in [-0.25, -0.2) is 12.8 Å². The Morgan fingerprint density at radius 3 is 2.62 bits per heavy atom. The molecule has 2 heterocycles. The Bertz CT molecular complexity index is 935. The van der Waals surface area contributed by atoms with Crippen LogP contribution >= 0.6 is 11.6 Å². The van der Waals surface area contributed by atoms with Crippen molar-refractivity contribution in [3.05, 3.63) is 64.4 Å². The lowest BCUT2D eigenvalue weighted by Gasteiger charge is -2.33. The van der Waals surface area contributed by atoms with Gasteiger partial charge in [0, 0.05) is 32.2 Å². The minimum Gasteiger partial charge on any atom is -0.294 e. The molecule has 2 aromatic rings. The second-order valence-electron chi connectivity index (χ2n) is 6.87. The highest BCUT2D eigenvalue weighted by molar-refractivity contribution is 7.89. The molecule has 0 amide bonds. The number of nitrogens with zero attached hydrogens (tertiary/aromatic N) is 2. The van der Waals surface area contributed by atoms with Gasteiger partial charge in [-0.1, -0.05) is 35.9 Å². The van der Waals surface area contributed by atoms with E-state index in [2.05, 4.69) is 23.1 Å². The van der Waals surface area contributed by atoms with E-state index in [4.69, 9.17) is 11.6 Å². The average molecular weight is 395 g/mol. The third-order valence-electron chi connectivity index (χ3n) is 5.33. The first kappa shape index (κ1) is 17.9. The summed E-state index contributed by atoms with van der Waals surface area (Å²) in [5.74, 6) is -0.614. The maximum Gasteiger partial charge on any atom is 0.243 e. The van der Waals surface area contributed by atoms with E-state index in [9.17, 15) is 12.8 Å². The number of halogens is 2. The van der Waals surface area contributed by atoms with Crippen molar-refractivity contribution in [2.24, 2.45) is 0 Å².